The molecule has 8 nitrogen and oxygen atoms in total. The second kappa shape index (κ2) is 8.61. The van der Waals surface area contributed by atoms with E-state index in [1.54, 1.807) is 44.8 Å². The molecule has 138 valence electrons. The summed E-state index contributed by atoms with van der Waals surface area (Å²) in [5.74, 6) is 1.42. The summed E-state index contributed by atoms with van der Waals surface area (Å²) < 4.78 is 10.5. The van der Waals surface area contributed by atoms with Crippen LogP contribution in [0.2, 0.25) is 0 Å². The van der Waals surface area contributed by atoms with Crippen LogP contribution in [0.5, 0.6) is 11.5 Å². The van der Waals surface area contributed by atoms with Crippen molar-refractivity contribution >= 4 is 17.4 Å². The summed E-state index contributed by atoms with van der Waals surface area (Å²) in [4.78, 5) is 24.5. The van der Waals surface area contributed by atoms with Crippen LogP contribution in [0.4, 0.5) is 11.5 Å². The molecule has 27 heavy (non-hydrogen) atoms. The average molecular weight is 365 g/mol. The molecule has 1 amide bonds. The van der Waals surface area contributed by atoms with Crippen LogP contribution in [0.3, 0.4) is 0 Å². The van der Waals surface area contributed by atoms with Crippen LogP contribution in [0.15, 0.2) is 55.1 Å². The number of carbonyl (C=O) groups is 1. The van der Waals surface area contributed by atoms with Gasteiger partial charge in [-0.25, -0.2) is 9.97 Å². The number of amides is 1. The van der Waals surface area contributed by atoms with Gasteiger partial charge in [-0.05, 0) is 29.8 Å². The fourth-order valence-corrected chi connectivity index (χ4v) is 2.39. The van der Waals surface area contributed by atoms with Crippen molar-refractivity contribution in [2.24, 2.45) is 0 Å². The van der Waals surface area contributed by atoms with Gasteiger partial charge in [0.1, 0.15) is 17.8 Å². The molecule has 0 atom stereocenters. The number of ether oxygens (including phenoxy) is 2. The van der Waals surface area contributed by atoms with E-state index in [1.165, 1.54) is 6.33 Å². The van der Waals surface area contributed by atoms with Crippen molar-refractivity contribution in [1.29, 1.82) is 0 Å². The SMILES string of the molecule is COc1ccc(Nc2cc(C(=O)NCc3ccncc3)ncn2)cc1OC. The molecular weight excluding hydrogens is 346 g/mol. The number of nitrogens with zero attached hydrogens (tertiary/aromatic N) is 3. The zero-order valence-corrected chi connectivity index (χ0v) is 15.0. The van der Waals surface area contributed by atoms with Crippen molar-refractivity contribution in [2.75, 3.05) is 19.5 Å². The average Bonchev–Trinajstić information content (AvgIpc) is 2.73. The topological polar surface area (TPSA) is 98.3 Å². The standard InChI is InChI=1S/C19H19N5O3/c1-26-16-4-3-14(9-17(16)27-2)24-18-10-15(22-12-23-18)19(25)21-11-13-5-7-20-8-6-13/h3-10,12H,11H2,1-2H3,(H,21,25)(H,22,23,24). The molecule has 0 fully saturated rings. The third-order valence-electron chi connectivity index (χ3n) is 3.76. The lowest BCUT2D eigenvalue weighted by molar-refractivity contribution is 0.0946. The Kier molecular flexibility index (Phi) is 5.78. The first-order valence-corrected chi connectivity index (χ1v) is 8.18. The molecule has 0 radical (unpaired) electrons. The van der Waals surface area contributed by atoms with Crippen LogP contribution in [0, 0.1) is 0 Å². The largest absolute Gasteiger partial charge is 0.493 e. The predicted octanol–water partition coefficient (Wildman–Crippen LogP) is 2.56. The summed E-state index contributed by atoms with van der Waals surface area (Å²) in [6.45, 7) is 0.393. The summed E-state index contributed by atoms with van der Waals surface area (Å²) >= 11 is 0. The minimum atomic E-state index is -0.287. The second-order valence-corrected chi connectivity index (χ2v) is 5.52. The third-order valence-corrected chi connectivity index (χ3v) is 3.76. The molecule has 0 saturated heterocycles. The van der Waals surface area contributed by atoms with Gasteiger partial charge in [0.2, 0.25) is 0 Å². The molecule has 3 rings (SSSR count). The molecule has 0 aliphatic heterocycles. The van der Waals surface area contributed by atoms with Crippen LogP contribution in [0.1, 0.15) is 16.1 Å². The van der Waals surface area contributed by atoms with Gasteiger partial charge in [0.05, 0.1) is 14.2 Å². The van der Waals surface area contributed by atoms with Crippen LogP contribution in [-0.2, 0) is 6.54 Å². The van der Waals surface area contributed by atoms with Crippen LogP contribution < -0.4 is 20.1 Å². The molecule has 0 aliphatic carbocycles. The second-order valence-electron chi connectivity index (χ2n) is 5.52. The molecular formula is C19H19N5O3. The fourth-order valence-electron chi connectivity index (χ4n) is 2.39. The number of anilines is 2. The van der Waals surface area contributed by atoms with Crippen molar-refractivity contribution in [3.63, 3.8) is 0 Å². The van der Waals surface area contributed by atoms with Gasteiger partial charge in [0.15, 0.2) is 11.5 Å². The number of benzene rings is 1. The molecule has 2 aromatic heterocycles. The van der Waals surface area contributed by atoms with E-state index >= 15 is 0 Å². The minimum Gasteiger partial charge on any atom is -0.493 e. The van der Waals surface area contributed by atoms with E-state index in [-0.39, 0.29) is 11.6 Å². The first-order valence-electron chi connectivity index (χ1n) is 8.18. The quantitative estimate of drug-likeness (QED) is 0.664. The summed E-state index contributed by atoms with van der Waals surface area (Å²) in [5, 5.41) is 5.94. The molecule has 1 aromatic carbocycles. The zero-order chi connectivity index (χ0) is 19.1. The van der Waals surface area contributed by atoms with Gasteiger partial charge in [0.25, 0.3) is 5.91 Å². The maximum absolute atomic E-state index is 12.3. The highest BCUT2D eigenvalue weighted by Gasteiger charge is 2.10. The van der Waals surface area contributed by atoms with E-state index in [9.17, 15) is 4.79 Å². The molecule has 0 spiro atoms. The first kappa shape index (κ1) is 18.1. The van der Waals surface area contributed by atoms with Gasteiger partial charge in [-0.1, -0.05) is 0 Å². The number of methoxy groups -OCH3 is 2. The highest BCUT2D eigenvalue weighted by molar-refractivity contribution is 5.92. The Morgan fingerprint density at radius 1 is 1.00 bits per heavy atom. The van der Waals surface area contributed by atoms with Gasteiger partial charge in [-0.3, -0.25) is 9.78 Å². The number of nitrogens with one attached hydrogen (secondary N) is 2. The summed E-state index contributed by atoms with van der Waals surface area (Å²) in [7, 11) is 3.14. The van der Waals surface area contributed by atoms with Crippen molar-refractivity contribution in [3.05, 3.63) is 66.4 Å². The lowest BCUT2D eigenvalue weighted by Crippen LogP contribution is -2.24. The number of pyridine rings is 1. The molecule has 0 saturated carbocycles. The molecule has 3 aromatic rings. The third kappa shape index (κ3) is 4.69. The van der Waals surface area contributed by atoms with Gasteiger partial charge in [-0.15, -0.1) is 0 Å². The van der Waals surface area contributed by atoms with Crippen LogP contribution in [-0.4, -0.2) is 35.1 Å². The van der Waals surface area contributed by atoms with E-state index in [0.29, 0.717) is 23.9 Å². The van der Waals surface area contributed by atoms with Crippen molar-refractivity contribution in [3.8, 4) is 11.5 Å². The number of rotatable bonds is 7. The number of hydrogen-bond acceptors (Lipinski definition) is 7. The Hall–Kier alpha value is -3.68. The van der Waals surface area contributed by atoms with Crippen molar-refractivity contribution < 1.29 is 14.3 Å². The number of aromatic nitrogens is 3. The van der Waals surface area contributed by atoms with E-state index in [0.717, 1.165) is 11.3 Å². The van der Waals surface area contributed by atoms with Crippen molar-refractivity contribution in [1.82, 2.24) is 20.3 Å². The molecule has 0 bridgehead atoms. The number of carbonyl (C=O) groups excluding carboxylic acids is 1. The summed E-state index contributed by atoms with van der Waals surface area (Å²) in [5.41, 5.74) is 1.97. The van der Waals surface area contributed by atoms with E-state index in [4.69, 9.17) is 9.47 Å². The van der Waals surface area contributed by atoms with Gasteiger partial charge in [-0.2, -0.15) is 0 Å². The molecule has 0 aliphatic rings. The normalized spacial score (nSPS) is 10.1. The fraction of sp³-hybridized carbons (Fsp3) is 0.158. The zero-order valence-electron chi connectivity index (χ0n) is 15.0. The Morgan fingerprint density at radius 2 is 1.78 bits per heavy atom. The molecule has 2 N–H and O–H groups in total. The van der Waals surface area contributed by atoms with E-state index in [1.807, 2.05) is 18.2 Å². The summed E-state index contributed by atoms with van der Waals surface area (Å²) in [6.07, 6.45) is 4.69. The highest BCUT2D eigenvalue weighted by atomic mass is 16.5. The molecule has 8 heteroatoms. The molecule has 0 unspecified atom stereocenters. The van der Waals surface area contributed by atoms with E-state index in [2.05, 4.69) is 25.6 Å². The lowest BCUT2D eigenvalue weighted by Gasteiger charge is -2.11. The smallest absolute Gasteiger partial charge is 0.270 e. The maximum Gasteiger partial charge on any atom is 0.270 e. The highest BCUT2D eigenvalue weighted by Crippen LogP contribution is 2.30. The van der Waals surface area contributed by atoms with Gasteiger partial charge < -0.3 is 20.1 Å². The van der Waals surface area contributed by atoms with Gasteiger partial charge >= 0.3 is 0 Å². The van der Waals surface area contributed by atoms with Gasteiger partial charge in [0, 0.05) is 36.8 Å². The van der Waals surface area contributed by atoms with Crippen molar-refractivity contribution in [2.45, 2.75) is 6.54 Å². The Labute approximate surface area is 156 Å². The molecule has 2 heterocycles. The predicted molar refractivity (Wildman–Crippen MR) is 100 cm³/mol. The monoisotopic (exact) mass is 365 g/mol. The van der Waals surface area contributed by atoms with Crippen LogP contribution >= 0.6 is 0 Å². The number of hydrogen-bond donors (Lipinski definition) is 2. The lowest BCUT2D eigenvalue weighted by atomic mass is 10.2. The Balaban J connectivity index is 1.69. The first-order chi connectivity index (χ1) is 13.2. The minimum absolute atomic E-state index is 0.266. The van der Waals surface area contributed by atoms with E-state index < -0.39 is 0 Å². The Morgan fingerprint density at radius 3 is 2.52 bits per heavy atom. The van der Waals surface area contributed by atoms with Crippen LogP contribution in [0.25, 0.3) is 0 Å². The summed E-state index contributed by atoms with van der Waals surface area (Å²) in [6, 6.07) is 10.6. The Bertz CT molecular complexity index is 918. The maximum atomic E-state index is 12.3.